The molecular weight excluding hydrogens is 277 g/mol. The molecule has 0 saturated heterocycles. The van der Waals surface area contributed by atoms with Crippen molar-refractivity contribution in [1.82, 2.24) is 0 Å². The normalized spacial score (nSPS) is 12.2. The third kappa shape index (κ3) is 3.89. The molecule has 0 aliphatic rings. The van der Waals surface area contributed by atoms with Crippen LogP contribution in [-0.4, -0.2) is 11.8 Å². The van der Waals surface area contributed by atoms with Gasteiger partial charge in [0.25, 0.3) is 0 Å². The van der Waals surface area contributed by atoms with Crippen LogP contribution in [0.4, 0.5) is 4.39 Å². The number of carbonyl (C=O) groups excluding carboxylic acids is 1. The van der Waals surface area contributed by atoms with Gasteiger partial charge in [0.05, 0.1) is 6.04 Å². The Morgan fingerprint density at radius 3 is 2.55 bits per heavy atom. The smallest absolute Gasteiger partial charge is 0.154 e. The quantitative estimate of drug-likeness (QED) is 0.919. The summed E-state index contributed by atoms with van der Waals surface area (Å²) in [7, 11) is 0. The number of hydrogen-bond donors (Lipinski definition) is 1. The Labute approximate surface area is 122 Å². The van der Waals surface area contributed by atoms with Gasteiger partial charge >= 0.3 is 0 Å². The third-order valence-corrected chi connectivity index (χ3v) is 3.44. The Kier molecular flexibility index (Phi) is 4.88. The minimum Gasteiger partial charge on any atom is -0.321 e. The first kappa shape index (κ1) is 14.7. The Hall–Kier alpha value is -1.71. The SMILES string of the molecule is NC(Cc1ccccc1)C(=O)Cc1ccc(F)cc1Cl. The van der Waals surface area contributed by atoms with Crippen LogP contribution in [0.5, 0.6) is 0 Å². The zero-order valence-corrected chi connectivity index (χ0v) is 11.6. The number of Topliss-reactive ketones (excluding diaryl/α,β-unsaturated/α-hetero) is 1. The van der Waals surface area contributed by atoms with E-state index in [4.69, 9.17) is 17.3 Å². The molecule has 0 radical (unpaired) electrons. The van der Waals surface area contributed by atoms with Gasteiger partial charge < -0.3 is 5.73 Å². The second-order valence-electron chi connectivity index (χ2n) is 4.68. The highest BCUT2D eigenvalue weighted by Gasteiger charge is 2.16. The van der Waals surface area contributed by atoms with Crippen molar-refractivity contribution in [2.24, 2.45) is 5.73 Å². The Balaban J connectivity index is 2.01. The van der Waals surface area contributed by atoms with Crippen molar-refractivity contribution in [3.63, 3.8) is 0 Å². The molecule has 2 aromatic rings. The van der Waals surface area contributed by atoms with Gasteiger partial charge in [0.15, 0.2) is 5.78 Å². The fourth-order valence-electron chi connectivity index (χ4n) is 1.97. The van der Waals surface area contributed by atoms with Crippen LogP contribution >= 0.6 is 11.6 Å². The maximum atomic E-state index is 12.9. The van der Waals surface area contributed by atoms with Crippen LogP contribution in [0.1, 0.15) is 11.1 Å². The molecule has 4 heteroatoms. The van der Waals surface area contributed by atoms with Crippen molar-refractivity contribution in [3.05, 3.63) is 70.5 Å². The van der Waals surface area contributed by atoms with E-state index < -0.39 is 11.9 Å². The molecule has 0 bridgehead atoms. The van der Waals surface area contributed by atoms with Crippen LogP contribution in [0.15, 0.2) is 48.5 Å². The number of hydrogen-bond acceptors (Lipinski definition) is 2. The van der Waals surface area contributed by atoms with E-state index in [1.807, 2.05) is 30.3 Å². The van der Waals surface area contributed by atoms with Crippen molar-refractivity contribution in [2.45, 2.75) is 18.9 Å². The number of rotatable bonds is 5. The average Bonchev–Trinajstić information content (AvgIpc) is 2.43. The second-order valence-corrected chi connectivity index (χ2v) is 5.08. The predicted octanol–water partition coefficient (Wildman–Crippen LogP) is 3.16. The number of carbonyl (C=O) groups is 1. The molecular formula is C16H15ClFNO. The molecule has 1 atom stereocenters. The lowest BCUT2D eigenvalue weighted by atomic mass is 9.98. The van der Waals surface area contributed by atoms with Gasteiger partial charge in [-0.15, -0.1) is 0 Å². The predicted molar refractivity (Wildman–Crippen MR) is 78.2 cm³/mol. The summed E-state index contributed by atoms with van der Waals surface area (Å²) in [5.74, 6) is -0.526. The molecule has 20 heavy (non-hydrogen) atoms. The fourth-order valence-corrected chi connectivity index (χ4v) is 2.20. The summed E-state index contributed by atoms with van der Waals surface area (Å²) >= 11 is 5.91. The lowest BCUT2D eigenvalue weighted by Crippen LogP contribution is -2.34. The lowest BCUT2D eigenvalue weighted by Gasteiger charge is -2.11. The maximum absolute atomic E-state index is 12.9. The molecule has 1 unspecified atom stereocenters. The lowest BCUT2D eigenvalue weighted by molar-refractivity contribution is -0.119. The summed E-state index contributed by atoms with van der Waals surface area (Å²) in [4.78, 5) is 12.1. The molecule has 2 N–H and O–H groups in total. The van der Waals surface area contributed by atoms with E-state index in [0.717, 1.165) is 5.56 Å². The van der Waals surface area contributed by atoms with Gasteiger partial charge in [0.2, 0.25) is 0 Å². The zero-order valence-electron chi connectivity index (χ0n) is 10.9. The Morgan fingerprint density at radius 2 is 1.90 bits per heavy atom. The monoisotopic (exact) mass is 291 g/mol. The van der Waals surface area contributed by atoms with E-state index in [0.29, 0.717) is 12.0 Å². The van der Waals surface area contributed by atoms with Crippen LogP contribution in [0, 0.1) is 5.82 Å². The van der Waals surface area contributed by atoms with Crippen molar-refractivity contribution in [3.8, 4) is 0 Å². The molecule has 0 spiro atoms. The zero-order chi connectivity index (χ0) is 14.5. The van der Waals surface area contributed by atoms with E-state index in [2.05, 4.69) is 0 Å². The maximum Gasteiger partial charge on any atom is 0.154 e. The van der Waals surface area contributed by atoms with Gasteiger partial charge in [0.1, 0.15) is 5.82 Å². The molecule has 0 aliphatic heterocycles. The van der Waals surface area contributed by atoms with Crippen LogP contribution in [0.25, 0.3) is 0 Å². The van der Waals surface area contributed by atoms with E-state index in [9.17, 15) is 9.18 Å². The summed E-state index contributed by atoms with van der Waals surface area (Å²) in [5, 5.41) is 0.255. The molecule has 2 nitrogen and oxygen atoms in total. The summed E-state index contributed by atoms with van der Waals surface area (Å²) < 4.78 is 12.9. The molecule has 0 saturated carbocycles. The molecule has 2 aromatic carbocycles. The molecule has 0 heterocycles. The van der Waals surface area contributed by atoms with Crippen LogP contribution < -0.4 is 5.73 Å². The number of ketones is 1. The van der Waals surface area contributed by atoms with Gasteiger partial charge in [-0.1, -0.05) is 48.0 Å². The topological polar surface area (TPSA) is 43.1 Å². The van der Waals surface area contributed by atoms with Crippen molar-refractivity contribution < 1.29 is 9.18 Å². The van der Waals surface area contributed by atoms with E-state index in [1.165, 1.54) is 18.2 Å². The molecule has 0 aliphatic carbocycles. The highest BCUT2D eigenvalue weighted by molar-refractivity contribution is 6.31. The van der Waals surface area contributed by atoms with Gasteiger partial charge in [-0.05, 0) is 29.7 Å². The molecule has 0 fully saturated rings. The summed E-state index contributed by atoms with van der Waals surface area (Å²) in [6.07, 6.45) is 0.603. The van der Waals surface area contributed by atoms with Crippen molar-refractivity contribution in [2.75, 3.05) is 0 Å². The van der Waals surface area contributed by atoms with E-state index in [-0.39, 0.29) is 17.2 Å². The summed E-state index contributed by atoms with van der Waals surface area (Å²) in [5.41, 5.74) is 7.52. The van der Waals surface area contributed by atoms with Crippen molar-refractivity contribution >= 4 is 17.4 Å². The third-order valence-electron chi connectivity index (χ3n) is 3.09. The second kappa shape index (κ2) is 6.64. The van der Waals surface area contributed by atoms with Crippen LogP contribution in [-0.2, 0) is 17.6 Å². The minimum absolute atomic E-state index is 0.109. The fraction of sp³-hybridized carbons (Fsp3) is 0.188. The highest BCUT2D eigenvalue weighted by atomic mass is 35.5. The molecule has 0 amide bonds. The first-order valence-corrected chi connectivity index (χ1v) is 6.70. The Bertz CT molecular complexity index is 601. The molecule has 2 rings (SSSR count). The highest BCUT2D eigenvalue weighted by Crippen LogP contribution is 2.18. The van der Waals surface area contributed by atoms with E-state index >= 15 is 0 Å². The largest absolute Gasteiger partial charge is 0.321 e. The minimum atomic E-state index is -0.585. The summed E-state index contributed by atoms with van der Waals surface area (Å²) in [6, 6.07) is 13.0. The molecule has 0 aromatic heterocycles. The van der Waals surface area contributed by atoms with Gasteiger partial charge in [-0.25, -0.2) is 4.39 Å². The summed E-state index contributed by atoms with van der Waals surface area (Å²) in [6.45, 7) is 0. The first-order chi connectivity index (χ1) is 9.56. The van der Waals surface area contributed by atoms with Gasteiger partial charge in [0, 0.05) is 11.4 Å². The van der Waals surface area contributed by atoms with Gasteiger partial charge in [-0.2, -0.15) is 0 Å². The van der Waals surface area contributed by atoms with Gasteiger partial charge in [-0.3, -0.25) is 4.79 Å². The standard InChI is InChI=1S/C16H15ClFNO/c17-14-10-13(18)7-6-12(14)9-16(20)15(19)8-11-4-2-1-3-5-11/h1-7,10,15H,8-9,19H2. The first-order valence-electron chi connectivity index (χ1n) is 6.32. The molecule has 104 valence electrons. The van der Waals surface area contributed by atoms with Crippen LogP contribution in [0.2, 0.25) is 5.02 Å². The van der Waals surface area contributed by atoms with E-state index in [1.54, 1.807) is 0 Å². The number of halogens is 2. The Morgan fingerprint density at radius 1 is 1.20 bits per heavy atom. The average molecular weight is 292 g/mol. The van der Waals surface area contributed by atoms with Crippen molar-refractivity contribution in [1.29, 1.82) is 0 Å². The number of nitrogens with two attached hydrogens (primary N) is 1. The number of benzene rings is 2. The van der Waals surface area contributed by atoms with Crippen LogP contribution in [0.3, 0.4) is 0 Å².